The lowest BCUT2D eigenvalue weighted by Gasteiger charge is -2.11. The van der Waals surface area contributed by atoms with E-state index >= 15 is 0 Å². The highest BCUT2D eigenvalue weighted by Gasteiger charge is 2.01. The van der Waals surface area contributed by atoms with Gasteiger partial charge in [0.05, 0.1) is 0 Å². The Labute approximate surface area is 105 Å². The van der Waals surface area contributed by atoms with E-state index in [1.807, 2.05) is 37.2 Å². The average molecular weight is 242 g/mol. The van der Waals surface area contributed by atoms with Crippen LogP contribution in [0.1, 0.15) is 0 Å². The first-order valence-electron chi connectivity index (χ1n) is 5.50. The Bertz CT molecular complexity index is 520. The molecule has 2 aromatic rings. The fourth-order valence-electron chi connectivity index (χ4n) is 1.53. The van der Waals surface area contributed by atoms with Gasteiger partial charge in [-0.3, -0.25) is 4.79 Å². The molecule has 0 saturated heterocycles. The average Bonchev–Trinajstić information content (AvgIpc) is 2.40. The van der Waals surface area contributed by atoms with Gasteiger partial charge in [-0.15, -0.1) is 0 Å². The minimum atomic E-state index is 0.534. The Hall–Kier alpha value is -2.43. The van der Waals surface area contributed by atoms with Crippen LogP contribution in [0.3, 0.4) is 0 Å². The van der Waals surface area contributed by atoms with Crippen molar-refractivity contribution in [1.82, 2.24) is 9.97 Å². The molecule has 1 N–H and O–H groups in total. The first-order chi connectivity index (χ1) is 8.70. The van der Waals surface area contributed by atoms with Crippen LogP contribution in [0.15, 0.2) is 36.7 Å². The molecular formula is C13H14N4O. The number of amides is 1. The summed E-state index contributed by atoms with van der Waals surface area (Å²) in [5, 5.41) is 2.50. The minimum Gasteiger partial charge on any atom is -0.363 e. The van der Waals surface area contributed by atoms with Crippen molar-refractivity contribution in [2.24, 2.45) is 0 Å². The quantitative estimate of drug-likeness (QED) is 0.830. The van der Waals surface area contributed by atoms with Crippen LogP contribution in [-0.4, -0.2) is 30.5 Å². The van der Waals surface area contributed by atoms with Crippen LogP contribution in [0.25, 0.3) is 11.1 Å². The van der Waals surface area contributed by atoms with Gasteiger partial charge in [0.2, 0.25) is 6.41 Å². The lowest BCUT2D eigenvalue weighted by Crippen LogP contribution is -2.09. The Morgan fingerprint density at radius 2 is 1.72 bits per heavy atom. The third kappa shape index (κ3) is 2.63. The molecule has 2 rings (SSSR count). The number of nitrogens with one attached hydrogen (secondary N) is 1. The van der Waals surface area contributed by atoms with Gasteiger partial charge in [0.1, 0.15) is 11.6 Å². The SMILES string of the molecule is CN(C)c1ccc(-c2ccc(NC=O)nc2)cn1. The smallest absolute Gasteiger partial charge is 0.212 e. The molecule has 0 atom stereocenters. The van der Waals surface area contributed by atoms with Crippen LogP contribution in [0.5, 0.6) is 0 Å². The third-order valence-corrected chi connectivity index (χ3v) is 2.51. The van der Waals surface area contributed by atoms with Gasteiger partial charge in [-0.05, 0) is 24.3 Å². The number of carbonyl (C=O) groups excluding carboxylic acids is 1. The van der Waals surface area contributed by atoms with E-state index in [0.29, 0.717) is 12.2 Å². The predicted octanol–water partition coefficient (Wildman–Crippen LogP) is 1.78. The molecule has 0 radical (unpaired) electrons. The maximum absolute atomic E-state index is 10.3. The molecule has 2 aromatic heterocycles. The zero-order valence-corrected chi connectivity index (χ0v) is 10.3. The van der Waals surface area contributed by atoms with E-state index in [-0.39, 0.29) is 0 Å². The number of nitrogens with zero attached hydrogens (tertiary/aromatic N) is 3. The molecule has 0 aromatic carbocycles. The van der Waals surface area contributed by atoms with Crippen LogP contribution >= 0.6 is 0 Å². The summed E-state index contributed by atoms with van der Waals surface area (Å²) in [6.07, 6.45) is 4.12. The highest BCUT2D eigenvalue weighted by atomic mass is 16.1. The molecular weight excluding hydrogens is 228 g/mol. The van der Waals surface area contributed by atoms with Crippen molar-refractivity contribution in [3.63, 3.8) is 0 Å². The van der Waals surface area contributed by atoms with Gasteiger partial charge in [-0.2, -0.15) is 0 Å². The number of aromatic nitrogens is 2. The van der Waals surface area contributed by atoms with Gasteiger partial charge < -0.3 is 10.2 Å². The van der Waals surface area contributed by atoms with Crippen molar-refractivity contribution in [3.05, 3.63) is 36.7 Å². The summed E-state index contributed by atoms with van der Waals surface area (Å²) in [6.45, 7) is 0. The van der Waals surface area contributed by atoms with E-state index in [0.717, 1.165) is 16.9 Å². The Balaban J connectivity index is 2.22. The molecule has 0 saturated carbocycles. The Morgan fingerprint density at radius 3 is 2.17 bits per heavy atom. The molecule has 0 aliphatic rings. The second-order valence-electron chi connectivity index (χ2n) is 3.99. The molecule has 0 bridgehead atoms. The molecule has 0 spiro atoms. The van der Waals surface area contributed by atoms with Crippen molar-refractivity contribution in [3.8, 4) is 11.1 Å². The monoisotopic (exact) mass is 242 g/mol. The highest BCUT2D eigenvalue weighted by molar-refractivity contribution is 5.70. The number of hydrogen-bond acceptors (Lipinski definition) is 4. The topological polar surface area (TPSA) is 58.1 Å². The Morgan fingerprint density at radius 1 is 1.06 bits per heavy atom. The second kappa shape index (κ2) is 5.27. The molecule has 1 amide bonds. The van der Waals surface area contributed by atoms with Crippen LogP contribution in [-0.2, 0) is 4.79 Å². The lowest BCUT2D eigenvalue weighted by atomic mass is 10.1. The molecule has 5 heteroatoms. The lowest BCUT2D eigenvalue weighted by molar-refractivity contribution is -0.105. The maximum atomic E-state index is 10.3. The fraction of sp³-hybridized carbons (Fsp3) is 0.154. The summed E-state index contributed by atoms with van der Waals surface area (Å²) in [6, 6.07) is 7.59. The van der Waals surface area contributed by atoms with Crippen molar-refractivity contribution in [1.29, 1.82) is 0 Å². The van der Waals surface area contributed by atoms with Crippen LogP contribution in [0, 0.1) is 0 Å². The van der Waals surface area contributed by atoms with Crippen LogP contribution in [0.2, 0.25) is 0 Å². The normalized spacial score (nSPS) is 9.89. The van der Waals surface area contributed by atoms with E-state index in [1.165, 1.54) is 0 Å². The predicted molar refractivity (Wildman–Crippen MR) is 71.5 cm³/mol. The first kappa shape index (κ1) is 12.0. The van der Waals surface area contributed by atoms with Crippen LogP contribution in [0.4, 0.5) is 11.6 Å². The van der Waals surface area contributed by atoms with Gasteiger partial charge >= 0.3 is 0 Å². The molecule has 0 unspecified atom stereocenters. The van der Waals surface area contributed by atoms with Crippen molar-refractivity contribution < 1.29 is 4.79 Å². The largest absolute Gasteiger partial charge is 0.363 e. The second-order valence-corrected chi connectivity index (χ2v) is 3.99. The maximum Gasteiger partial charge on any atom is 0.212 e. The van der Waals surface area contributed by atoms with E-state index in [2.05, 4.69) is 15.3 Å². The van der Waals surface area contributed by atoms with Gasteiger partial charge in [-0.25, -0.2) is 9.97 Å². The summed E-state index contributed by atoms with van der Waals surface area (Å²) < 4.78 is 0. The standard InChI is InChI=1S/C13H14N4O/c1-17(2)13-6-4-11(8-15-13)10-3-5-12(14-7-10)16-9-18/h3-9H,1-2H3,(H,14,16,18). The van der Waals surface area contributed by atoms with Gasteiger partial charge in [0.15, 0.2) is 0 Å². The summed E-state index contributed by atoms with van der Waals surface area (Å²) in [5.41, 5.74) is 1.95. The number of rotatable bonds is 4. The summed E-state index contributed by atoms with van der Waals surface area (Å²) in [4.78, 5) is 20.7. The molecule has 2 heterocycles. The summed E-state index contributed by atoms with van der Waals surface area (Å²) in [5.74, 6) is 1.44. The zero-order valence-electron chi connectivity index (χ0n) is 10.3. The summed E-state index contributed by atoms with van der Waals surface area (Å²) in [7, 11) is 3.90. The van der Waals surface area contributed by atoms with E-state index in [9.17, 15) is 4.79 Å². The number of anilines is 2. The Kier molecular flexibility index (Phi) is 3.52. The molecule has 0 aliphatic heterocycles. The third-order valence-electron chi connectivity index (χ3n) is 2.51. The number of pyridine rings is 2. The van der Waals surface area contributed by atoms with E-state index < -0.39 is 0 Å². The molecule has 5 nitrogen and oxygen atoms in total. The van der Waals surface area contributed by atoms with Crippen molar-refractivity contribution >= 4 is 18.0 Å². The summed E-state index contributed by atoms with van der Waals surface area (Å²) >= 11 is 0. The van der Waals surface area contributed by atoms with Gasteiger partial charge in [-0.1, -0.05) is 0 Å². The van der Waals surface area contributed by atoms with Crippen molar-refractivity contribution in [2.75, 3.05) is 24.3 Å². The minimum absolute atomic E-state index is 0.534. The number of hydrogen-bond donors (Lipinski definition) is 1. The molecule has 0 fully saturated rings. The number of carbonyl (C=O) groups is 1. The van der Waals surface area contributed by atoms with Gasteiger partial charge in [0, 0.05) is 37.6 Å². The highest BCUT2D eigenvalue weighted by Crippen LogP contribution is 2.20. The zero-order chi connectivity index (χ0) is 13.0. The van der Waals surface area contributed by atoms with Crippen LogP contribution < -0.4 is 10.2 Å². The fourth-order valence-corrected chi connectivity index (χ4v) is 1.53. The first-order valence-corrected chi connectivity index (χ1v) is 5.50. The van der Waals surface area contributed by atoms with E-state index in [1.54, 1.807) is 18.5 Å². The van der Waals surface area contributed by atoms with Gasteiger partial charge in [0.25, 0.3) is 0 Å². The molecule has 92 valence electrons. The molecule has 18 heavy (non-hydrogen) atoms. The van der Waals surface area contributed by atoms with Crippen molar-refractivity contribution in [2.45, 2.75) is 0 Å². The van der Waals surface area contributed by atoms with E-state index in [4.69, 9.17) is 0 Å². The molecule has 0 aliphatic carbocycles.